The van der Waals surface area contributed by atoms with Gasteiger partial charge in [-0.25, -0.2) is 4.79 Å². The van der Waals surface area contributed by atoms with E-state index in [1.807, 2.05) is 30.3 Å². The predicted molar refractivity (Wildman–Crippen MR) is 69.0 cm³/mol. The maximum absolute atomic E-state index is 12.5. The number of urea groups is 1. The van der Waals surface area contributed by atoms with Gasteiger partial charge in [-0.15, -0.1) is 0 Å². The third-order valence-electron chi connectivity index (χ3n) is 3.53. The lowest BCUT2D eigenvalue weighted by atomic mass is 9.96. The van der Waals surface area contributed by atoms with Crippen LogP contribution in [-0.4, -0.2) is 30.2 Å². The van der Waals surface area contributed by atoms with E-state index in [4.69, 9.17) is 0 Å². The first kappa shape index (κ1) is 14.7. The van der Waals surface area contributed by atoms with E-state index in [0.717, 1.165) is 5.56 Å². The number of alkyl halides is 3. The van der Waals surface area contributed by atoms with Gasteiger partial charge in [0, 0.05) is 19.6 Å². The minimum atomic E-state index is -4.15. The minimum absolute atomic E-state index is 0.0116. The molecular weight excluding hydrogens is 269 g/mol. The van der Waals surface area contributed by atoms with Crippen LogP contribution in [0.5, 0.6) is 0 Å². The van der Waals surface area contributed by atoms with Crippen LogP contribution in [-0.2, 0) is 6.54 Å². The zero-order chi connectivity index (χ0) is 14.6. The smallest absolute Gasteiger partial charge is 0.334 e. The van der Waals surface area contributed by atoms with Gasteiger partial charge in [-0.2, -0.15) is 13.2 Å². The number of carbonyl (C=O) groups is 1. The fourth-order valence-corrected chi connectivity index (χ4v) is 2.30. The molecule has 6 heteroatoms. The van der Waals surface area contributed by atoms with Crippen LogP contribution in [0.1, 0.15) is 18.4 Å². The Balaban J connectivity index is 1.78. The first-order valence-corrected chi connectivity index (χ1v) is 6.60. The van der Waals surface area contributed by atoms with E-state index in [1.54, 1.807) is 0 Å². The van der Waals surface area contributed by atoms with Gasteiger partial charge >= 0.3 is 12.2 Å². The van der Waals surface area contributed by atoms with Gasteiger partial charge in [-0.1, -0.05) is 30.3 Å². The van der Waals surface area contributed by atoms with E-state index in [0.29, 0.717) is 6.54 Å². The van der Waals surface area contributed by atoms with Crippen LogP contribution in [0.3, 0.4) is 0 Å². The standard InChI is InChI=1S/C14H17F3N2O/c15-14(16,17)12-6-8-19(9-7-12)13(20)18-10-11-4-2-1-3-5-11/h1-5,12H,6-10H2,(H,18,20). The maximum Gasteiger partial charge on any atom is 0.391 e. The Morgan fingerprint density at radius 3 is 2.35 bits per heavy atom. The fourth-order valence-electron chi connectivity index (χ4n) is 2.30. The second-order valence-corrected chi connectivity index (χ2v) is 4.95. The summed E-state index contributed by atoms with van der Waals surface area (Å²) in [6, 6.07) is 9.10. The summed E-state index contributed by atoms with van der Waals surface area (Å²) >= 11 is 0. The number of carbonyl (C=O) groups excluding carboxylic acids is 1. The molecule has 20 heavy (non-hydrogen) atoms. The SMILES string of the molecule is O=C(NCc1ccccc1)N1CCC(C(F)(F)F)CC1. The van der Waals surface area contributed by atoms with E-state index < -0.39 is 12.1 Å². The van der Waals surface area contributed by atoms with Gasteiger partial charge in [0.25, 0.3) is 0 Å². The van der Waals surface area contributed by atoms with Gasteiger partial charge in [0.15, 0.2) is 0 Å². The molecule has 1 aliphatic heterocycles. The highest BCUT2D eigenvalue weighted by Gasteiger charge is 2.41. The highest BCUT2D eigenvalue weighted by molar-refractivity contribution is 5.74. The lowest BCUT2D eigenvalue weighted by Crippen LogP contribution is -2.46. The van der Waals surface area contributed by atoms with Crippen LogP contribution in [0.2, 0.25) is 0 Å². The quantitative estimate of drug-likeness (QED) is 0.890. The predicted octanol–water partition coefficient (Wildman–Crippen LogP) is 3.17. The number of halogens is 3. The summed E-state index contributed by atoms with van der Waals surface area (Å²) in [5.41, 5.74) is 0.964. The van der Waals surface area contributed by atoms with Crippen LogP contribution >= 0.6 is 0 Å². The summed E-state index contributed by atoms with van der Waals surface area (Å²) in [6.45, 7) is 0.703. The van der Waals surface area contributed by atoms with Crippen molar-refractivity contribution in [2.45, 2.75) is 25.6 Å². The summed E-state index contributed by atoms with van der Waals surface area (Å²) < 4.78 is 37.6. The van der Waals surface area contributed by atoms with Crippen LogP contribution in [0.15, 0.2) is 30.3 Å². The number of benzene rings is 1. The second kappa shape index (κ2) is 6.15. The number of hydrogen-bond acceptors (Lipinski definition) is 1. The Labute approximate surface area is 115 Å². The number of likely N-dealkylation sites (tertiary alicyclic amines) is 1. The molecule has 1 aromatic rings. The molecule has 0 saturated carbocycles. The molecule has 0 bridgehead atoms. The van der Waals surface area contributed by atoms with Crippen molar-refractivity contribution in [2.24, 2.45) is 5.92 Å². The monoisotopic (exact) mass is 286 g/mol. The number of piperidine rings is 1. The summed E-state index contributed by atoms with van der Waals surface area (Å²) in [5.74, 6) is -1.28. The first-order valence-electron chi connectivity index (χ1n) is 6.60. The Morgan fingerprint density at radius 2 is 1.80 bits per heavy atom. The molecule has 0 aromatic heterocycles. The van der Waals surface area contributed by atoms with E-state index >= 15 is 0 Å². The molecule has 3 nitrogen and oxygen atoms in total. The van der Waals surface area contributed by atoms with Crippen LogP contribution in [0, 0.1) is 5.92 Å². The maximum atomic E-state index is 12.5. The highest BCUT2D eigenvalue weighted by atomic mass is 19.4. The molecular formula is C14H17F3N2O. The molecule has 0 radical (unpaired) electrons. The summed E-state index contributed by atoms with van der Waals surface area (Å²) in [4.78, 5) is 13.3. The van der Waals surface area contributed by atoms with E-state index in [1.165, 1.54) is 4.90 Å². The molecule has 0 unspecified atom stereocenters. The first-order chi connectivity index (χ1) is 9.47. The molecule has 1 aliphatic rings. The third kappa shape index (κ3) is 3.88. The Kier molecular flexibility index (Phi) is 4.52. The zero-order valence-corrected chi connectivity index (χ0v) is 11.0. The van der Waals surface area contributed by atoms with Crippen LogP contribution in [0.25, 0.3) is 0 Å². The van der Waals surface area contributed by atoms with Crippen molar-refractivity contribution in [1.82, 2.24) is 10.2 Å². The Bertz CT molecular complexity index is 439. The molecule has 0 atom stereocenters. The summed E-state index contributed by atoms with van der Waals surface area (Å²) in [6.07, 6.45) is -4.17. The molecule has 1 saturated heterocycles. The molecule has 1 N–H and O–H groups in total. The Morgan fingerprint density at radius 1 is 1.20 bits per heavy atom. The van der Waals surface area contributed by atoms with Crippen molar-refractivity contribution in [2.75, 3.05) is 13.1 Å². The van der Waals surface area contributed by atoms with Crippen molar-refractivity contribution in [3.05, 3.63) is 35.9 Å². The fraction of sp³-hybridized carbons (Fsp3) is 0.500. The lowest BCUT2D eigenvalue weighted by molar-refractivity contribution is -0.183. The lowest BCUT2D eigenvalue weighted by Gasteiger charge is -2.32. The van der Waals surface area contributed by atoms with Crippen molar-refractivity contribution >= 4 is 6.03 Å². The van der Waals surface area contributed by atoms with Gasteiger partial charge in [0.2, 0.25) is 0 Å². The van der Waals surface area contributed by atoms with E-state index in [-0.39, 0.29) is 32.0 Å². The van der Waals surface area contributed by atoms with Crippen LogP contribution < -0.4 is 5.32 Å². The molecule has 0 aliphatic carbocycles. The topological polar surface area (TPSA) is 32.3 Å². The molecule has 2 rings (SSSR count). The normalized spacial score (nSPS) is 17.1. The van der Waals surface area contributed by atoms with Gasteiger partial charge in [-0.05, 0) is 18.4 Å². The van der Waals surface area contributed by atoms with E-state index in [9.17, 15) is 18.0 Å². The number of amides is 2. The number of rotatable bonds is 2. The van der Waals surface area contributed by atoms with Gasteiger partial charge < -0.3 is 10.2 Å². The van der Waals surface area contributed by atoms with Gasteiger partial charge in [0.1, 0.15) is 0 Å². The van der Waals surface area contributed by atoms with Crippen LogP contribution in [0.4, 0.5) is 18.0 Å². The average molecular weight is 286 g/mol. The molecule has 1 aromatic carbocycles. The average Bonchev–Trinajstić information content (AvgIpc) is 2.45. The molecule has 2 amide bonds. The van der Waals surface area contributed by atoms with Crippen molar-refractivity contribution in [3.63, 3.8) is 0 Å². The second-order valence-electron chi connectivity index (χ2n) is 4.95. The third-order valence-corrected chi connectivity index (χ3v) is 3.53. The molecule has 110 valence electrons. The number of nitrogens with one attached hydrogen (secondary N) is 1. The Hall–Kier alpha value is -1.72. The molecule has 0 spiro atoms. The van der Waals surface area contributed by atoms with Crippen molar-refractivity contribution in [1.29, 1.82) is 0 Å². The highest BCUT2D eigenvalue weighted by Crippen LogP contribution is 2.33. The summed E-state index contributed by atoms with van der Waals surface area (Å²) in [5, 5.41) is 2.73. The van der Waals surface area contributed by atoms with Crippen molar-refractivity contribution < 1.29 is 18.0 Å². The van der Waals surface area contributed by atoms with Gasteiger partial charge in [-0.3, -0.25) is 0 Å². The molecule has 1 heterocycles. The minimum Gasteiger partial charge on any atom is -0.334 e. The number of nitrogens with zero attached hydrogens (tertiary/aromatic N) is 1. The van der Waals surface area contributed by atoms with Crippen molar-refractivity contribution in [3.8, 4) is 0 Å². The summed E-state index contributed by atoms with van der Waals surface area (Å²) in [7, 11) is 0. The number of hydrogen-bond donors (Lipinski definition) is 1. The zero-order valence-electron chi connectivity index (χ0n) is 11.0. The largest absolute Gasteiger partial charge is 0.391 e. The van der Waals surface area contributed by atoms with E-state index in [2.05, 4.69) is 5.32 Å². The van der Waals surface area contributed by atoms with Gasteiger partial charge in [0.05, 0.1) is 5.92 Å². The molecule has 1 fully saturated rings.